The molecule has 1 N–H and O–H groups in total. The van der Waals surface area contributed by atoms with E-state index in [1.807, 2.05) is 19.1 Å². The van der Waals surface area contributed by atoms with Crippen LogP contribution in [0.4, 0.5) is 0 Å². The molecule has 0 bridgehead atoms. The molecule has 1 aromatic rings. The summed E-state index contributed by atoms with van der Waals surface area (Å²) in [6.07, 6.45) is 0.767. The number of fused-ring (bicyclic) bond motifs is 1. The zero-order chi connectivity index (χ0) is 14.2. The number of hydrogen-bond donors (Lipinski definition) is 1. The SMILES string of the molecule is CC1COCCN1S(=O)(=O)c1cccc2c1CCNC2. The second-order valence-corrected chi connectivity index (χ2v) is 7.22. The van der Waals surface area contributed by atoms with E-state index in [1.54, 1.807) is 10.4 Å². The first-order chi connectivity index (χ1) is 9.60. The molecule has 1 atom stereocenters. The van der Waals surface area contributed by atoms with E-state index in [1.165, 1.54) is 0 Å². The lowest BCUT2D eigenvalue weighted by atomic mass is 10.0. The van der Waals surface area contributed by atoms with Crippen LogP contribution in [0, 0.1) is 0 Å². The van der Waals surface area contributed by atoms with Crippen molar-refractivity contribution >= 4 is 10.0 Å². The predicted octanol–water partition coefficient (Wildman–Crippen LogP) is 0.742. The van der Waals surface area contributed by atoms with Crippen LogP contribution in [0.25, 0.3) is 0 Å². The van der Waals surface area contributed by atoms with Gasteiger partial charge in [0.2, 0.25) is 10.0 Å². The monoisotopic (exact) mass is 296 g/mol. The fourth-order valence-corrected chi connectivity index (χ4v) is 4.83. The molecule has 110 valence electrons. The highest BCUT2D eigenvalue weighted by Crippen LogP contribution is 2.27. The first kappa shape index (κ1) is 14.0. The fraction of sp³-hybridized carbons (Fsp3) is 0.571. The van der Waals surface area contributed by atoms with Crippen LogP contribution in [0.2, 0.25) is 0 Å². The Labute approximate surface area is 120 Å². The van der Waals surface area contributed by atoms with E-state index in [4.69, 9.17) is 4.74 Å². The first-order valence-electron chi connectivity index (χ1n) is 7.02. The van der Waals surface area contributed by atoms with E-state index in [-0.39, 0.29) is 6.04 Å². The maximum atomic E-state index is 12.9. The van der Waals surface area contributed by atoms with E-state index in [9.17, 15) is 8.42 Å². The van der Waals surface area contributed by atoms with Gasteiger partial charge in [-0.1, -0.05) is 12.1 Å². The number of ether oxygens (including phenoxy) is 1. The lowest BCUT2D eigenvalue weighted by Gasteiger charge is -2.33. The lowest BCUT2D eigenvalue weighted by Crippen LogP contribution is -2.47. The quantitative estimate of drug-likeness (QED) is 0.874. The molecular weight excluding hydrogens is 276 g/mol. The van der Waals surface area contributed by atoms with E-state index in [2.05, 4.69) is 5.32 Å². The van der Waals surface area contributed by atoms with Crippen LogP contribution in [-0.2, 0) is 27.7 Å². The van der Waals surface area contributed by atoms with Crippen LogP contribution in [0.15, 0.2) is 23.1 Å². The Morgan fingerprint density at radius 1 is 1.40 bits per heavy atom. The average molecular weight is 296 g/mol. The summed E-state index contributed by atoms with van der Waals surface area (Å²) in [4.78, 5) is 0.477. The van der Waals surface area contributed by atoms with Gasteiger partial charge in [-0.25, -0.2) is 8.42 Å². The van der Waals surface area contributed by atoms with Gasteiger partial charge in [-0.15, -0.1) is 0 Å². The molecule has 6 heteroatoms. The van der Waals surface area contributed by atoms with Crippen molar-refractivity contribution in [3.8, 4) is 0 Å². The van der Waals surface area contributed by atoms with Crippen molar-refractivity contribution in [2.75, 3.05) is 26.3 Å². The van der Waals surface area contributed by atoms with Crippen LogP contribution >= 0.6 is 0 Å². The largest absolute Gasteiger partial charge is 0.378 e. The van der Waals surface area contributed by atoms with Gasteiger partial charge in [-0.05, 0) is 37.1 Å². The summed E-state index contributed by atoms with van der Waals surface area (Å²) < 4.78 is 32.8. The number of nitrogens with one attached hydrogen (secondary N) is 1. The lowest BCUT2D eigenvalue weighted by molar-refractivity contribution is 0.0392. The highest BCUT2D eigenvalue weighted by Gasteiger charge is 2.33. The molecule has 3 rings (SSSR count). The molecular formula is C14H20N2O3S. The highest BCUT2D eigenvalue weighted by molar-refractivity contribution is 7.89. The number of nitrogens with zero attached hydrogens (tertiary/aromatic N) is 1. The summed E-state index contributed by atoms with van der Waals surface area (Å²) in [5.41, 5.74) is 2.07. The van der Waals surface area contributed by atoms with Gasteiger partial charge in [0.1, 0.15) is 0 Å². The molecule has 20 heavy (non-hydrogen) atoms. The third-order valence-corrected chi connectivity index (χ3v) is 6.09. The van der Waals surface area contributed by atoms with Crippen molar-refractivity contribution < 1.29 is 13.2 Å². The molecule has 0 spiro atoms. The molecule has 0 aromatic heterocycles. The van der Waals surface area contributed by atoms with Gasteiger partial charge in [0.15, 0.2) is 0 Å². The molecule has 1 saturated heterocycles. The fourth-order valence-electron chi connectivity index (χ4n) is 2.93. The van der Waals surface area contributed by atoms with Crippen molar-refractivity contribution in [3.05, 3.63) is 29.3 Å². The second kappa shape index (κ2) is 5.44. The predicted molar refractivity (Wildman–Crippen MR) is 76.0 cm³/mol. The standard InChI is InChI=1S/C14H20N2O3S/c1-11-10-19-8-7-16(11)20(17,18)14-4-2-3-12-9-15-6-5-13(12)14/h2-4,11,15H,5-10H2,1H3. The summed E-state index contributed by atoms with van der Waals surface area (Å²) >= 11 is 0. The Bertz CT molecular complexity index is 600. The minimum atomic E-state index is -3.43. The highest BCUT2D eigenvalue weighted by atomic mass is 32.2. The molecule has 0 amide bonds. The molecule has 0 aliphatic carbocycles. The molecule has 2 heterocycles. The molecule has 0 saturated carbocycles. The Hall–Kier alpha value is -0.950. The molecule has 1 unspecified atom stereocenters. The van der Waals surface area contributed by atoms with Gasteiger partial charge >= 0.3 is 0 Å². The van der Waals surface area contributed by atoms with E-state index >= 15 is 0 Å². The van der Waals surface area contributed by atoms with Crippen molar-refractivity contribution in [1.29, 1.82) is 0 Å². The maximum absolute atomic E-state index is 12.9. The smallest absolute Gasteiger partial charge is 0.243 e. The minimum absolute atomic E-state index is 0.105. The molecule has 2 aliphatic heterocycles. The Kier molecular flexibility index (Phi) is 3.81. The Morgan fingerprint density at radius 3 is 3.05 bits per heavy atom. The van der Waals surface area contributed by atoms with E-state index < -0.39 is 10.0 Å². The van der Waals surface area contributed by atoms with E-state index in [0.29, 0.717) is 24.7 Å². The molecule has 5 nitrogen and oxygen atoms in total. The van der Waals surface area contributed by atoms with Gasteiger partial charge < -0.3 is 10.1 Å². The zero-order valence-corrected chi connectivity index (χ0v) is 12.4. The van der Waals surface area contributed by atoms with E-state index in [0.717, 1.165) is 30.6 Å². The summed E-state index contributed by atoms with van der Waals surface area (Å²) in [5, 5.41) is 3.28. The summed E-state index contributed by atoms with van der Waals surface area (Å²) in [6, 6.07) is 5.47. The molecule has 1 aromatic carbocycles. The molecule has 2 aliphatic rings. The van der Waals surface area contributed by atoms with Crippen molar-refractivity contribution in [1.82, 2.24) is 9.62 Å². The zero-order valence-electron chi connectivity index (χ0n) is 11.6. The van der Waals surface area contributed by atoms with Crippen LogP contribution < -0.4 is 5.32 Å². The van der Waals surface area contributed by atoms with Crippen molar-refractivity contribution in [2.24, 2.45) is 0 Å². The van der Waals surface area contributed by atoms with Crippen LogP contribution in [0.5, 0.6) is 0 Å². The van der Waals surface area contributed by atoms with Crippen molar-refractivity contribution in [2.45, 2.75) is 30.8 Å². The van der Waals surface area contributed by atoms with Gasteiger partial charge in [-0.3, -0.25) is 0 Å². The normalized spacial score (nSPS) is 24.4. The number of rotatable bonds is 2. The Morgan fingerprint density at radius 2 is 2.25 bits per heavy atom. The third kappa shape index (κ3) is 2.37. The van der Waals surface area contributed by atoms with Crippen LogP contribution in [0.1, 0.15) is 18.1 Å². The van der Waals surface area contributed by atoms with Gasteiger partial charge in [0.05, 0.1) is 18.1 Å². The third-order valence-electron chi connectivity index (χ3n) is 3.99. The maximum Gasteiger partial charge on any atom is 0.243 e. The van der Waals surface area contributed by atoms with Crippen molar-refractivity contribution in [3.63, 3.8) is 0 Å². The summed E-state index contributed by atoms with van der Waals surface area (Å²) in [6.45, 7) is 4.85. The molecule has 0 radical (unpaired) electrons. The summed E-state index contributed by atoms with van der Waals surface area (Å²) in [7, 11) is -3.43. The molecule has 1 fully saturated rings. The minimum Gasteiger partial charge on any atom is -0.378 e. The first-order valence-corrected chi connectivity index (χ1v) is 8.46. The van der Waals surface area contributed by atoms with Crippen LogP contribution in [-0.4, -0.2) is 45.1 Å². The topological polar surface area (TPSA) is 58.6 Å². The van der Waals surface area contributed by atoms with Gasteiger partial charge in [0.25, 0.3) is 0 Å². The number of morpholine rings is 1. The number of hydrogen-bond acceptors (Lipinski definition) is 4. The number of benzene rings is 1. The average Bonchev–Trinajstić information content (AvgIpc) is 2.47. The second-order valence-electron chi connectivity index (χ2n) is 5.36. The number of sulfonamides is 1. The summed E-state index contributed by atoms with van der Waals surface area (Å²) in [5.74, 6) is 0. The van der Waals surface area contributed by atoms with Gasteiger partial charge in [-0.2, -0.15) is 4.31 Å². The van der Waals surface area contributed by atoms with Crippen LogP contribution in [0.3, 0.4) is 0 Å². The Balaban J connectivity index is 2.03. The van der Waals surface area contributed by atoms with Gasteiger partial charge in [0, 0.05) is 19.1 Å².